The predicted octanol–water partition coefficient (Wildman–Crippen LogP) is 1.67. The van der Waals surface area contributed by atoms with Gasteiger partial charge in [-0.25, -0.2) is 13.6 Å². The Bertz CT molecular complexity index is 539. The molecule has 1 aromatic carbocycles. The molecule has 5 nitrogen and oxygen atoms in total. The van der Waals surface area contributed by atoms with Crippen LogP contribution in [0.25, 0.3) is 0 Å². The summed E-state index contributed by atoms with van der Waals surface area (Å²) in [5.74, 6) is 0. The summed E-state index contributed by atoms with van der Waals surface area (Å²) in [4.78, 5) is 0.148. The number of nitrogens with two attached hydrogens (primary N) is 1. The molecule has 0 heterocycles. The van der Waals surface area contributed by atoms with Gasteiger partial charge in [-0.1, -0.05) is 12.1 Å². The van der Waals surface area contributed by atoms with Crippen molar-refractivity contribution in [3.8, 4) is 0 Å². The van der Waals surface area contributed by atoms with Crippen molar-refractivity contribution in [2.75, 3.05) is 13.7 Å². The summed E-state index contributed by atoms with van der Waals surface area (Å²) in [6.45, 7) is 7.09. The van der Waals surface area contributed by atoms with Crippen molar-refractivity contribution in [3.05, 3.63) is 29.8 Å². The largest absolute Gasteiger partial charge is 0.379 e. The summed E-state index contributed by atoms with van der Waals surface area (Å²) in [5.41, 5.74) is 0.942. The molecule has 0 saturated carbocycles. The Kier molecular flexibility index (Phi) is 6.34. The number of hydrogen-bond donors (Lipinski definition) is 2. The van der Waals surface area contributed by atoms with Gasteiger partial charge in [0.15, 0.2) is 0 Å². The van der Waals surface area contributed by atoms with Crippen molar-refractivity contribution in [1.82, 2.24) is 5.32 Å². The third-order valence-corrected chi connectivity index (χ3v) is 4.44. The van der Waals surface area contributed by atoms with Crippen LogP contribution in [0.2, 0.25) is 0 Å². The normalized spacial score (nSPS) is 14.1. The standard InChI is InChI=1S/C15H26N2O3S/c1-12(11-15(2,3)20-4)17-10-9-13-5-7-14(8-6-13)21(16,18)19/h5-8,12,17H,9-11H2,1-4H3,(H2,16,18,19). The first-order valence-corrected chi connectivity index (χ1v) is 8.59. The zero-order valence-electron chi connectivity index (χ0n) is 13.2. The van der Waals surface area contributed by atoms with E-state index in [0.717, 1.165) is 24.9 Å². The Morgan fingerprint density at radius 2 is 1.86 bits per heavy atom. The lowest BCUT2D eigenvalue weighted by Crippen LogP contribution is -2.36. The molecule has 0 spiro atoms. The van der Waals surface area contributed by atoms with Gasteiger partial charge >= 0.3 is 0 Å². The molecule has 0 saturated heterocycles. The maximum Gasteiger partial charge on any atom is 0.238 e. The monoisotopic (exact) mass is 314 g/mol. The first-order chi connectivity index (χ1) is 9.64. The van der Waals surface area contributed by atoms with Crippen LogP contribution in [0.3, 0.4) is 0 Å². The molecule has 0 radical (unpaired) electrons. The van der Waals surface area contributed by atoms with Crippen molar-refractivity contribution >= 4 is 10.0 Å². The van der Waals surface area contributed by atoms with Crippen molar-refractivity contribution < 1.29 is 13.2 Å². The zero-order valence-corrected chi connectivity index (χ0v) is 14.0. The van der Waals surface area contributed by atoms with Gasteiger partial charge in [0, 0.05) is 13.2 Å². The highest BCUT2D eigenvalue weighted by Gasteiger charge is 2.19. The van der Waals surface area contributed by atoms with Crippen molar-refractivity contribution in [2.24, 2.45) is 5.14 Å². The van der Waals surface area contributed by atoms with Gasteiger partial charge in [-0.05, 0) is 57.9 Å². The number of sulfonamides is 1. The van der Waals surface area contributed by atoms with Crippen LogP contribution in [0, 0.1) is 0 Å². The van der Waals surface area contributed by atoms with Crippen LogP contribution in [0.4, 0.5) is 0 Å². The first-order valence-electron chi connectivity index (χ1n) is 7.04. The molecular weight excluding hydrogens is 288 g/mol. The van der Waals surface area contributed by atoms with E-state index in [4.69, 9.17) is 9.88 Å². The van der Waals surface area contributed by atoms with Gasteiger partial charge in [-0.3, -0.25) is 0 Å². The van der Waals surface area contributed by atoms with Gasteiger partial charge in [-0.15, -0.1) is 0 Å². The molecule has 1 atom stereocenters. The van der Waals surface area contributed by atoms with Crippen LogP contribution < -0.4 is 10.5 Å². The molecule has 0 aliphatic rings. The average molecular weight is 314 g/mol. The van der Waals surface area contributed by atoms with E-state index in [-0.39, 0.29) is 10.5 Å². The summed E-state index contributed by atoms with van der Waals surface area (Å²) in [7, 11) is -1.88. The zero-order chi connectivity index (χ0) is 16.1. The molecule has 1 unspecified atom stereocenters. The molecule has 3 N–H and O–H groups in total. The Labute approximate surface area is 127 Å². The molecule has 1 rings (SSSR count). The fourth-order valence-corrected chi connectivity index (χ4v) is 2.72. The molecule has 6 heteroatoms. The van der Waals surface area contributed by atoms with Gasteiger partial charge in [-0.2, -0.15) is 0 Å². The second kappa shape index (κ2) is 7.35. The summed E-state index contributed by atoms with van der Waals surface area (Å²) in [5, 5.41) is 8.51. The number of benzene rings is 1. The van der Waals surface area contributed by atoms with Crippen LogP contribution in [-0.4, -0.2) is 33.7 Å². The molecule has 0 fully saturated rings. The number of rotatable bonds is 8. The minimum Gasteiger partial charge on any atom is -0.379 e. The van der Waals surface area contributed by atoms with E-state index in [1.807, 2.05) is 0 Å². The maximum absolute atomic E-state index is 11.2. The Balaban J connectivity index is 2.43. The smallest absolute Gasteiger partial charge is 0.238 e. The third-order valence-electron chi connectivity index (χ3n) is 3.51. The van der Waals surface area contributed by atoms with Crippen LogP contribution in [0.5, 0.6) is 0 Å². The minimum atomic E-state index is -3.61. The Morgan fingerprint density at radius 1 is 1.29 bits per heavy atom. The fourth-order valence-electron chi connectivity index (χ4n) is 2.20. The van der Waals surface area contributed by atoms with E-state index >= 15 is 0 Å². The van der Waals surface area contributed by atoms with Crippen molar-refractivity contribution in [1.29, 1.82) is 0 Å². The van der Waals surface area contributed by atoms with E-state index in [1.54, 1.807) is 31.4 Å². The van der Waals surface area contributed by atoms with Gasteiger partial charge in [0.2, 0.25) is 10.0 Å². The third kappa shape index (κ3) is 6.56. The molecule has 0 aliphatic heterocycles. The van der Waals surface area contributed by atoms with E-state index < -0.39 is 10.0 Å². The number of nitrogens with one attached hydrogen (secondary N) is 1. The molecular formula is C15H26N2O3S. The Morgan fingerprint density at radius 3 is 2.33 bits per heavy atom. The van der Waals surface area contributed by atoms with Crippen LogP contribution >= 0.6 is 0 Å². The van der Waals surface area contributed by atoms with E-state index in [0.29, 0.717) is 6.04 Å². The van der Waals surface area contributed by atoms with Crippen LogP contribution in [0.1, 0.15) is 32.8 Å². The van der Waals surface area contributed by atoms with Crippen LogP contribution in [0.15, 0.2) is 29.2 Å². The lowest BCUT2D eigenvalue weighted by molar-refractivity contribution is 0.00865. The number of ether oxygens (including phenoxy) is 1. The molecule has 0 aromatic heterocycles. The maximum atomic E-state index is 11.2. The van der Waals surface area contributed by atoms with Gasteiger partial charge in [0.25, 0.3) is 0 Å². The topological polar surface area (TPSA) is 81.4 Å². The number of hydrogen-bond acceptors (Lipinski definition) is 4. The minimum absolute atomic E-state index is 0.135. The van der Waals surface area contributed by atoms with E-state index in [9.17, 15) is 8.42 Å². The Hall–Kier alpha value is -0.950. The summed E-state index contributed by atoms with van der Waals surface area (Å²) < 4.78 is 27.7. The molecule has 21 heavy (non-hydrogen) atoms. The van der Waals surface area contributed by atoms with E-state index in [1.165, 1.54) is 0 Å². The summed E-state index contributed by atoms with van der Waals surface area (Å²) in [6, 6.07) is 7.03. The molecule has 0 amide bonds. The second-order valence-electron chi connectivity index (χ2n) is 5.96. The van der Waals surface area contributed by atoms with E-state index in [2.05, 4.69) is 26.1 Å². The molecule has 0 aliphatic carbocycles. The SMILES string of the molecule is COC(C)(C)CC(C)NCCc1ccc(S(N)(=O)=O)cc1. The first kappa shape index (κ1) is 18.1. The number of methoxy groups -OCH3 is 1. The number of primary sulfonamides is 1. The van der Waals surface area contributed by atoms with Gasteiger partial charge < -0.3 is 10.1 Å². The quantitative estimate of drug-likeness (QED) is 0.765. The lowest BCUT2D eigenvalue weighted by atomic mass is 10.00. The van der Waals surface area contributed by atoms with Crippen molar-refractivity contribution in [2.45, 2.75) is 50.2 Å². The van der Waals surface area contributed by atoms with Crippen molar-refractivity contribution in [3.63, 3.8) is 0 Å². The highest BCUT2D eigenvalue weighted by molar-refractivity contribution is 7.89. The highest BCUT2D eigenvalue weighted by atomic mass is 32.2. The molecule has 120 valence electrons. The molecule has 0 bridgehead atoms. The summed E-state index contributed by atoms with van der Waals surface area (Å²) in [6.07, 6.45) is 1.76. The lowest BCUT2D eigenvalue weighted by Gasteiger charge is -2.27. The molecule has 1 aromatic rings. The fraction of sp³-hybridized carbons (Fsp3) is 0.600. The van der Waals surface area contributed by atoms with Gasteiger partial charge in [0.1, 0.15) is 0 Å². The summed E-state index contributed by atoms with van der Waals surface area (Å²) >= 11 is 0. The van der Waals surface area contributed by atoms with Gasteiger partial charge in [0.05, 0.1) is 10.5 Å². The second-order valence-corrected chi connectivity index (χ2v) is 7.52. The highest BCUT2D eigenvalue weighted by Crippen LogP contribution is 2.15. The average Bonchev–Trinajstić information content (AvgIpc) is 2.37. The predicted molar refractivity (Wildman–Crippen MR) is 84.7 cm³/mol. The van der Waals surface area contributed by atoms with Crippen LogP contribution in [-0.2, 0) is 21.2 Å².